The largest absolute Gasteiger partial charge is 0.374 e. The van der Waals surface area contributed by atoms with Crippen molar-refractivity contribution in [3.63, 3.8) is 0 Å². The molecule has 1 atom stereocenters. The molecule has 0 amide bonds. The van der Waals surface area contributed by atoms with Gasteiger partial charge in [-0.2, -0.15) is 0 Å². The fraction of sp³-hybridized carbons (Fsp3) is 0.400. The van der Waals surface area contributed by atoms with Gasteiger partial charge in [0.25, 0.3) is 0 Å². The van der Waals surface area contributed by atoms with Crippen LogP contribution in [-0.2, 0) is 11.3 Å². The maximum Gasteiger partial charge on any atom is 0.0824 e. The molecule has 4 nitrogen and oxygen atoms in total. The van der Waals surface area contributed by atoms with E-state index in [1.807, 2.05) is 12.4 Å². The molecule has 0 radical (unpaired) electrons. The molecule has 2 aromatic rings. The Morgan fingerprint density at radius 2 is 2.32 bits per heavy atom. The molecule has 1 aromatic heterocycles. The summed E-state index contributed by atoms with van der Waals surface area (Å²) in [6, 6.07) is 8.48. The van der Waals surface area contributed by atoms with Crippen molar-refractivity contribution in [1.29, 1.82) is 0 Å². The van der Waals surface area contributed by atoms with Crippen LogP contribution in [0.2, 0.25) is 0 Å². The summed E-state index contributed by atoms with van der Waals surface area (Å²) in [5.41, 5.74) is 7.03. The van der Waals surface area contributed by atoms with E-state index >= 15 is 0 Å². The first kappa shape index (κ1) is 12.5. The molecule has 1 aliphatic rings. The highest BCUT2D eigenvalue weighted by atomic mass is 16.5. The van der Waals surface area contributed by atoms with Gasteiger partial charge in [0, 0.05) is 44.0 Å². The maximum atomic E-state index is 5.69. The van der Waals surface area contributed by atoms with Crippen molar-refractivity contribution < 1.29 is 4.74 Å². The molecule has 100 valence electrons. The Morgan fingerprint density at radius 1 is 1.37 bits per heavy atom. The van der Waals surface area contributed by atoms with Crippen LogP contribution in [0.3, 0.4) is 0 Å². The van der Waals surface area contributed by atoms with E-state index in [-0.39, 0.29) is 6.10 Å². The minimum atomic E-state index is 0.172. The molecule has 0 bridgehead atoms. The number of nitrogens with zero attached hydrogens (tertiary/aromatic N) is 2. The molecule has 19 heavy (non-hydrogen) atoms. The first-order valence-corrected chi connectivity index (χ1v) is 6.72. The van der Waals surface area contributed by atoms with E-state index < -0.39 is 0 Å². The lowest BCUT2D eigenvalue weighted by atomic mass is 10.1. The minimum Gasteiger partial charge on any atom is -0.374 e. The van der Waals surface area contributed by atoms with E-state index in [0.717, 1.165) is 26.2 Å². The summed E-state index contributed by atoms with van der Waals surface area (Å²) < 4.78 is 5.61. The molecule has 1 aliphatic heterocycles. The average Bonchev–Trinajstić information content (AvgIpc) is 2.48. The number of morpholine rings is 1. The molecular formula is C15H19N3O. The maximum absolute atomic E-state index is 5.69. The summed E-state index contributed by atoms with van der Waals surface area (Å²) in [5.74, 6) is 0. The normalized spacial score (nSPS) is 20.8. The molecule has 1 fully saturated rings. The molecule has 1 unspecified atom stereocenters. The minimum absolute atomic E-state index is 0.172. The Balaban J connectivity index is 1.81. The molecular weight excluding hydrogens is 238 g/mol. The van der Waals surface area contributed by atoms with Gasteiger partial charge < -0.3 is 10.5 Å². The average molecular weight is 257 g/mol. The van der Waals surface area contributed by atoms with Gasteiger partial charge in [-0.3, -0.25) is 9.88 Å². The van der Waals surface area contributed by atoms with Crippen molar-refractivity contribution >= 4 is 10.8 Å². The third kappa shape index (κ3) is 2.76. The third-order valence-corrected chi connectivity index (χ3v) is 3.65. The second-order valence-electron chi connectivity index (χ2n) is 4.98. The van der Waals surface area contributed by atoms with Gasteiger partial charge in [0.15, 0.2) is 0 Å². The molecule has 0 spiro atoms. The monoisotopic (exact) mass is 257 g/mol. The number of hydrogen-bond donors (Lipinski definition) is 1. The predicted molar refractivity (Wildman–Crippen MR) is 75.8 cm³/mol. The van der Waals surface area contributed by atoms with Gasteiger partial charge in [0.05, 0.1) is 12.7 Å². The standard InChI is InChI=1S/C15H19N3O/c16-8-14-11-18(6-7-19-14)10-13-3-1-2-12-9-17-5-4-15(12)13/h1-5,9,14H,6-8,10-11,16H2. The molecule has 4 heteroatoms. The molecule has 1 saturated heterocycles. The lowest BCUT2D eigenvalue weighted by Crippen LogP contribution is -2.45. The molecule has 3 rings (SSSR count). The Hall–Kier alpha value is -1.49. The van der Waals surface area contributed by atoms with Crippen LogP contribution in [0.15, 0.2) is 36.7 Å². The fourth-order valence-corrected chi connectivity index (χ4v) is 2.64. The van der Waals surface area contributed by atoms with Crippen molar-refractivity contribution in [2.24, 2.45) is 5.73 Å². The zero-order valence-corrected chi connectivity index (χ0v) is 11.0. The summed E-state index contributed by atoms with van der Waals surface area (Å²) in [6.07, 6.45) is 3.94. The van der Waals surface area contributed by atoms with Crippen LogP contribution in [-0.4, -0.2) is 42.2 Å². The highest BCUT2D eigenvalue weighted by Gasteiger charge is 2.19. The van der Waals surface area contributed by atoms with E-state index in [2.05, 4.69) is 34.1 Å². The Labute approximate surface area is 113 Å². The molecule has 2 N–H and O–H groups in total. The number of pyridine rings is 1. The second kappa shape index (κ2) is 5.65. The quantitative estimate of drug-likeness (QED) is 0.903. The number of rotatable bonds is 3. The SMILES string of the molecule is NCC1CN(Cc2cccc3cnccc23)CCO1. The van der Waals surface area contributed by atoms with E-state index in [1.165, 1.54) is 16.3 Å². The summed E-state index contributed by atoms with van der Waals surface area (Å²) in [5, 5.41) is 2.48. The van der Waals surface area contributed by atoms with Crippen molar-refractivity contribution in [2.75, 3.05) is 26.2 Å². The second-order valence-corrected chi connectivity index (χ2v) is 4.98. The van der Waals surface area contributed by atoms with Gasteiger partial charge in [-0.05, 0) is 17.0 Å². The van der Waals surface area contributed by atoms with Gasteiger partial charge in [0.2, 0.25) is 0 Å². The van der Waals surface area contributed by atoms with Gasteiger partial charge in [-0.15, -0.1) is 0 Å². The molecule has 2 heterocycles. The third-order valence-electron chi connectivity index (χ3n) is 3.65. The summed E-state index contributed by atoms with van der Waals surface area (Å²) in [6.45, 7) is 4.20. The summed E-state index contributed by atoms with van der Waals surface area (Å²) >= 11 is 0. The van der Waals surface area contributed by atoms with Crippen LogP contribution >= 0.6 is 0 Å². The highest BCUT2D eigenvalue weighted by molar-refractivity contribution is 5.84. The highest BCUT2D eigenvalue weighted by Crippen LogP contribution is 2.20. The van der Waals surface area contributed by atoms with Crippen molar-refractivity contribution in [3.8, 4) is 0 Å². The lowest BCUT2D eigenvalue weighted by Gasteiger charge is -2.32. The Kier molecular flexibility index (Phi) is 3.73. The van der Waals surface area contributed by atoms with Crippen LogP contribution in [0.4, 0.5) is 0 Å². The number of hydrogen-bond acceptors (Lipinski definition) is 4. The van der Waals surface area contributed by atoms with Crippen LogP contribution in [0.1, 0.15) is 5.56 Å². The van der Waals surface area contributed by atoms with E-state index in [9.17, 15) is 0 Å². The van der Waals surface area contributed by atoms with E-state index in [4.69, 9.17) is 10.5 Å². The van der Waals surface area contributed by atoms with Gasteiger partial charge in [0.1, 0.15) is 0 Å². The predicted octanol–water partition coefficient (Wildman–Crippen LogP) is 1.39. The first-order chi connectivity index (χ1) is 9.36. The zero-order chi connectivity index (χ0) is 13.1. The topological polar surface area (TPSA) is 51.4 Å². The van der Waals surface area contributed by atoms with Crippen LogP contribution in [0.25, 0.3) is 10.8 Å². The Morgan fingerprint density at radius 3 is 3.21 bits per heavy atom. The smallest absolute Gasteiger partial charge is 0.0824 e. The van der Waals surface area contributed by atoms with Crippen molar-refractivity contribution in [3.05, 3.63) is 42.2 Å². The first-order valence-electron chi connectivity index (χ1n) is 6.72. The number of fused-ring (bicyclic) bond motifs is 1. The number of aromatic nitrogens is 1. The van der Waals surface area contributed by atoms with Gasteiger partial charge in [-0.25, -0.2) is 0 Å². The molecule has 1 aromatic carbocycles. The number of ether oxygens (including phenoxy) is 1. The zero-order valence-electron chi connectivity index (χ0n) is 11.0. The fourth-order valence-electron chi connectivity index (χ4n) is 2.64. The summed E-state index contributed by atoms with van der Waals surface area (Å²) in [4.78, 5) is 6.59. The Bertz CT molecular complexity index is 553. The van der Waals surface area contributed by atoms with Crippen LogP contribution in [0.5, 0.6) is 0 Å². The van der Waals surface area contributed by atoms with Crippen molar-refractivity contribution in [1.82, 2.24) is 9.88 Å². The van der Waals surface area contributed by atoms with Crippen molar-refractivity contribution in [2.45, 2.75) is 12.6 Å². The van der Waals surface area contributed by atoms with Crippen LogP contribution in [0, 0.1) is 0 Å². The molecule has 0 saturated carbocycles. The lowest BCUT2D eigenvalue weighted by molar-refractivity contribution is -0.0259. The van der Waals surface area contributed by atoms with Gasteiger partial charge >= 0.3 is 0 Å². The number of nitrogens with two attached hydrogens (primary N) is 1. The van der Waals surface area contributed by atoms with Crippen LogP contribution < -0.4 is 5.73 Å². The van der Waals surface area contributed by atoms with E-state index in [0.29, 0.717) is 6.54 Å². The van der Waals surface area contributed by atoms with Gasteiger partial charge in [-0.1, -0.05) is 18.2 Å². The summed E-state index contributed by atoms with van der Waals surface area (Å²) in [7, 11) is 0. The van der Waals surface area contributed by atoms with E-state index in [1.54, 1.807) is 0 Å². The number of benzene rings is 1. The molecule has 0 aliphatic carbocycles.